The average Bonchev–Trinajstić information content (AvgIpc) is 3.47. The number of rotatable bonds is 9. The van der Waals surface area contributed by atoms with Crippen molar-refractivity contribution in [2.75, 3.05) is 0 Å². The Kier molecular flexibility index (Phi) is 10.5. The van der Waals surface area contributed by atoms with E-state index in [9.17, 15) is 13.9 Å². The molecule has 5 rings (SSSR count). The molecule has 0 saturated heterocycles. The molecule has 0 fully saturated rings. The predicted molar refractivity (Wildman–Crippen MR) is 136 cm³/mol. The number of hydrogen-bond acceptors (Lipinski definition) is 3. The quantitative estimate of drug-likeness (QED) is 0.173. The molecular formula is C29H30Br2F2N6O. The van der Waals surface area contributed by atoms with Crippen molar-refractivity contribution in [3.63, 3.8) is 0 Å². The van der Waals surface area contributed by atoms with Gasteiger partial charge in [-0.05, 0) is 31.0 Å². The zero-order chi connectivity index (χ0) is 26.7. The van der Waals surface area contributed by atoms with E-state index in [2.05, 4.69) is 22.3 Å². The van der Waals surface area contributed by atoms with Gasteiger partial charge in [0.15, 0.2) is 5.60 Å². The third-order valence-corrected chi connectivity index (χ3v) is 6.43. The molecule has 3 aromatic carbocycles. The number of nitrogens with zero attached hydrogens (tertiary/aromatic N) is 6. The number of benzene rings is 3. The first kappa shape index (κ1) is 31.3. The molecule has 0 aliphatic rings. The Hall–Kier alpha value is -3.28. The summed E-state index contributed by atoms with van der Waals surface area (Å²) in [5, 5.41) is 20.6. The maximum absolute atomic E-state index is 14.9. The van der Waals surface area contributed by atoms with Gasteiger partial charge in [-0.2, -0.15) is 0 Å². The van der Waals surface area contributed by atoms with Gasteiger partial charge >= 0.3 is 0 Å². The van der Waals surface area contributed by atoms with E-state index < -0.39 is 17.2 Å². The Labute approximate surface area is 252 Å². The molecule has 7 nitrogen and oxygen atoms in total. The monoisotopic (exact) mass is 674 g/mol. The van der Waals surface area contributed by atoms with E-state index in [0.717, 1.165) is 34.4 Å². The number of aryl methyl sites for hydroxylation is 2. The Balaban J connectivity index is 0.00000220. The Morgan fingerprint density at radius 1 is 0.750 bits per heavy atom. The summed E-state index contributed by atoms with van der Waals surface area (Å²) in [5.74, 6) is -1.54. The van der Waals surface area contributed by atoms with Gasteiger partial charge in [-0.25, -0.2) is 17.9 Å². The van der Waals surface area contributed by atoms with Crippen LogP contribution in [0.1, 0.15) is 27.8 Å². The second-order valence-corrected chi connectivity index (χ2v) is 9.87. The van der Waals surface area contributed by atoms with Gasteiger partial charge in [-0.1, -0.05) is 65.7 Å². The van der Waals surface area contributed by atoms with E-state index in [0.29, 0.717) is 13.1 Å². The molecule has 0 bridgehead atoms. The van der Waals surface area contributed by atoms with E-state index >= 15 is 0 Å². The highest BCUT2D eigenvalue weighted by Crippen LogP contribution is 2.28. The fraction of sp³-hybridized carbons (Fsp3) is 0.241. The normalized spacial score (nSPS) is 11.1. The van der Waals surface area contributed by atoms with Gasteiger partial charge in [0.25, 0.3) is 12.7 Å². The van der Waals surface area contributed by atoms with Gasteiger partial charge in [0.05, 0.1) is 13.1 Å². The highest BCUT2D eigenvalue weighted by atomic mass is 79.9. The first-order valence-corrected chi connectivity index (χ1v) is 12.4. The van der Waals surface area contributed by atoms with Gasteiger partial charge in [0, 0.05) is 21.8 Å². The van der Waals surface area contributed by atoms with Gasteiger partial charge in [-0.3, -0.25) is 0 Å². The fourth-order valence-electron chi connectivity index (χ4n) is 4.72. The van der Waals surface area contributed by atoms with Crippen molar-refractivity contribution in [2.24, 2.45) is 0 Å². The fourth-order valence-corrected chi connectivity index (χ4v) is 4.72. The van der Waals surface area contributed by atoms with Gasteiger partial charge in [0.1, 0.15) is 24.7 Å². The molecule has 0 amide bonds. The lowest BCUT2D eigenvalue weighted by atomic mass is 9.93. The molecule has 0 saturated carbocycles. The number of aliphatic hydroxyl groups is 1. The maximum Gasteiger partial charge on any atom is 0.265 e. The zero-order valence-electron chi connectivity index (χ0n) is 22.1. The van der Waals surface area contributed by atoms with E-state index in [1.54, 1.807) is 34.7 Å². The summed E-state index contributed by atoms with van der Waals surface area (Å²) in [6.07, 6.45) is 6.84. The van der Waals surface area contributed by atoms with Crippen molar-refractivity contribution in [1.82, 2.24) is 19.6 Å². The Morgan fingerprint density at radius 2 is 1.25 bits per heavy atom. The summed E-state index contributed by atoms with van der Waals surface area (Å²) in [6.45, 7) is 5.15. The van der Waals surface area contributed by atoms with E-state index in [1.807, 2.05) is 59.4 Å². The average molecular weight is 676 g/mol. The van der Waals surface area contributed by atoms with Gasteiger partial charge in [-0.15, -0.1) is 9.36 Å². The molecule has 210 valence electrons. The van der Waals surface area contributed by atoms with Crippen LogP contribution in [-0.2, 0) is 31.8 Å². The highest BCUT2D eigenvalue weighted by Gasteiger charge is 2.39. The summed E-state index contributed by atoms with van der Waals surface area (Å²) in [6, 6.07) is 19.5. The summed E-state index contributed by atoms with van der Waals surface area (Å²) in [4.78, 5) is 0. The predicted octanol–water partition coefficient (Wildman–Crippen LogP) is -2.76. The van der Waals surface area contributed by atoms with Crippen LogP contribution < -0.4 is 43.1 Å². The first-order valence-electron chi connectivity index (χ1n) is 12.4. The molecule has 1 N–H and O–H groups in total. The smallest absolute Gasteiger partial charge is 0.265 e. The lowest BCUT2D eigenvalue weighted by Gasteiger charge is -2.24. The third kappa shape index (κ3) is 7.67. The second kappa shape index (κ2) is 13.4. The molecule has 0 unspecified atom stereocenters. The standard InChI is InChI=1S/C29H30F2N6O.2BrH/c1-22-5-3-7-24(11-22)14-34-18-32-36(20-34)16-29(38,27-10-9-26(30)13-28(27)31)17-37-21-35(19-33-37)15-25-8-4-6-23(2)12-25;;/h3-13,18-21,38H,14-17H2,1-2H3;2*1H/q+2;;/p-2. The maximum atomic E-state index is 14.9. The lowest BCUT2D eigenvalue weighted by molar-refractivity contribution is -0.689. The number of hydrogen-bond donors (Lipinski definition) is 1. The summed E-state index contributed by atoms with van der Waals surface area (Å²) < 4.78 is 35.5. The largest absolute Gasteiger partial charge is 1.00 e. The molecule has 0 atom stereocenters. The van der Waals surface area contributed by atoms with Gasteiger partial charge < -0.3 is 39.1 Å². The summed E-state index contributed by atoms with van der Waals surface area (Å²) in [7, 11) is 0. The zero-order valence-corrected chi connectivity index (χ0v) is 25.3. The van der Waals surface area contributed by atoms with Crippen LogP contribution in [0.25, 0.3) is 0 Å². The minimum absolute atomic E-state index is 0. The number of halogens is 4. The molecule has 11 heteroatoms. The van der Waals surface area contributed by atoms with Crippen LogP contribution in [0, 0.1) is 25.5 Å². The van der Waals surface area contributed by atoms with Crippen molar-refractivity contribution in [3.8, 4) is 0 Å². The van der Waals surface area contributed by atoms with Crippen molar-refractivity contribution in [3.05, 3.63) is 131 Å². The molecule has 5 aromatic rings. The molecule has 0 spiro atoms. The van der Waals surface area contributed by atoms with Crippen molar-refractivity contribution < 1.29 is 57.0 Å². The molecule has 0 aliphatic carbocycles. The van der Waals surface area contributed by atoms with Crippen LogP contribution in [-0.4, -0.2) is 24.7 Å². The summed E-state index contributed by atoms with van der Waals surface area (Å²) in [5.41, 5.74) is 2.78. The first-order chi connectivity index (χ1) is 18.3. The van der Waals surface area contributed by atoms with Crippen molar-refractivity contribution >= 4 is 0 Å². The van der Waals surface area contributed by atoms with Crippen LogP contribution >= 0.6 is 0 Å². The second-order valence-electron chi connectivity index (χ2n) is 9.87. The number of aromatic nitrogens is 6. The van der Waals surface area contributed by atoms with Crippen LogP contribution in [0.5, 0.6) is 0 Å². The summed E-state index contributed by atoms with van der Waals surface area (Å²) >= 11 is 0. The van der Waals surface area contributed by atoms with Gasteiger partial charge in [0.2, 0.25) is 12.7 Å². The molecule has 0 radical (unpaired) electrons. The van der Waals surface area contributed by atoms with Crippen LogP contribution in [0.15, 0.2) is 92.0 Å². The molecular weight excluding hydrogens is 646 g/mol. The Bertz CT molecular complexity index is 1480. The molecule has 0 aliphatic heterocycles. The lowest BCUT2D eigenvalue weighted by Crippen LogP contribution is -3.00. The molecule has 40 heavy (non-hydrogen) atoms. The van der Waals surface area contributed by atoms with Crippen LogP contribution in [0.3, 0.4) is 0 Å². The molecule has 2 aromatic heterocycles. The Morgan fingerprint density at radius 3 is 1.70 bits per heavy atom. The van der Waals surface area contributed by atoms with Crippen molar-refractivity contribution in [2.45, 2.75) is 45.6 Å². The SMILES string of the molecule is Cc1cccc(C[n+]2cnn(CC(O)(Cn3c[n+](Cc4cccc(C)c4)cn3)c3ccc(F)cc3F)c2)c1.[Br-].[Br-]. The van der Waals surface area contributed by atoms with Crippen molar-refractivity contribution in [1.29, 1.82) is 0 Å². The van der Waals surface area contributed by atoms with Crippen LogP contribution in [0.2, 0.25) is 0 Å². The van der Waals surface area contributed by atoms with Crippen LogP contribution in [0.4, 0.5) is 8.78 Å². The third-order valence-electron chi connectivity index (χ3n) is 6.43. The highest BCUT2D eigenvalue weighted by molar-refractivity contribution is 5.25. The minimum atomic E-state index is -1.75. The van der Waals surface area contributed by atoms with E-state index in [4.69, 9.17) is 0 Å². The van der Waals surface area contributed by atoms with E-state index in [-0.39, 0.29) is 52.6 Å². The molecule has 2 heterocycles. The minimum Gasteiger partial charge on any atom is -1.00 e. The van der Waals surface area contributed by atoms with E-state index in [1.165, 1.54) is 6.07 Å². The topological polar surface area (TPSA) is 63.6 Å².